The Hall–Kier alpha value is -3.87. The number of phenolic OH excluding ortho intramolecular Hbond substituents is 2. The standard InChI is InChI=1S/C21H16N4O3/c26-17-9-6-12(10-18(17)27)14-11-19(28)22-15-7-8-16-21(20(14)15)24-25(23-16)13-4-2-1-3-5-13/h1-10,14,26-27H,11H2,(H,22,28)/t14-/m0/s1. The van der Waals surface area contributed by atoms with Crippen molar-refractivity contribution in [2.45, 2.75) is 12.3 Å². The van der Waals surface area contributed by atoms with Gasteiger partial charge in [0, 0.05) is 23.6 Å². The molecule has 7 nitrogen and oxygen atoms in total. The topological polar surface area (TPSA) is 100 Å². The van der Waals surface area contributed by atoms with Gasteiger partial charge in [-0.15, -0.1) is 10.2 Å². The third-order valence-corrected chi connectivity index (χ3v) is 4.99. The van der Waals surface area contributed by atoms with Crippen molar-refractivity contribution < 1.29 is 15.0 Å². The fourth-order valence-corrected chi connectivity index (χ4v) is 3.67. The number of rotatable bonds is 2. The van der Waals surface area contributed by atoms with E-state index in [0.717, 1.165) is 16.8 Å². The smallest absolute Gasteiger partial charge is 0.225 e. The molecule has 3 N–H and O–H groups in total. The number of aromatic nitrogens is 3. The van der Waals surface area contributed by atoms with Crippen LogP contribution in [-0.4, -0.2) is 31.1 Å². The molecule has 4 aromatic rings. The third-order valence-electron chi connectivity index (χ3n) is 4.99. The summed E-state index contributed by atoms with van der Waals surface area (Å²) in [5.41, 5.74) is 4.51. The predicted molar refractivity (Wildman–Crippen MR) is 104 cm³/mol. The van der Waals surface area contributed by atoms with Gasteiger partial charge < -0.3 is 15.5 Å². The molecule has 2 heterocycles. The molecule has 28 heavy (non-hydrogen) atoms. The van der Waals surface area contributed by atoms with Crippen LogP contribution in [0.2, 0.25) is 0 Å². The molecule has 0 radical (unpaired) electrons. The largest absolute Gasteiger partial charge is 0.504 e. The van der Waals surface area contributed by atoms with Crippen molar-refractivity contribution in [2.75, 3.05) is 5.32 Å². The Labute approximate surface area is 159 Å². The van der Waals surface area contributed by atoms with Crippen molar-refractivity contribution in [3.63, 3.8) is 0 Å². The number of amides is 1. The van der Waals surface area contributed by atoms with Crippen LogP contribution in [-0.2, 0) is 4.79 Å². The van der Waals surface area contributed by atoms with Crippen LogP contribution in [0.15, 0.2) is 60.7 Å². The molecule has 5 rings (SSSR count). The SMILES string of the molecule is O=C1C[C@@H](c2ccc(O)c(O)c2)c2c(ccc3nn(-c4ccccc4)nc23)N1. The molecule has 0 fully saturated rings. The van der Waals surface area contributed by atoms with Crippen LogP contribution in [0, 0.1) is 0 Å². The molecule has 1 aromatic heterocycles. The zero-order valence-electron chi connectivity index (χ0n) is 14.7. The van der Waals surface area contributed by atoms with Gasteiger partial charge in [0.05, 0.1) is 5.69 Å². The molecule has 0 unspecified atom stereocenters. The predicted octanol–water partition coefficient (Wildman–Crippen LogP) is 3.31. The van der Waals surface area contributed by atoms with Gasteiger partial charge in [-0.1, -0.05) is 24.3 Å². The molecule has 3 aromatic carbocycles. The second-order valence-electron chi connectivity index (χ2n) is 6.77. The maximum absolute atomic E-state index is 12.3. The number of nitrogens with one attached hydrogen (secondary N) is 1. The minimum absolute atomic E-state index is 0.111. The molecule has 0 bridgehead atoms. The molecule has 0 spiro atoms. The van der Waals surface area contributed by atoms with E-state index in [1.807, 2.05) is 42.5 Å². The zero-order valence-corrected chi connectivity index (χ0v) is 14.7. The van der Waals surface area contributed by atoms with Crippen LogP contribution in [0.1, 0.15) is 23.5 Å². The summed E-state index contributed by atoms with van der Waals surface area (Å²) < 4.78 is 0. The lowest BCUT2D eigenvalue weighted by molar-refractivity contribution is -0.116. The molecular formula is C21H16N4O3. The van der Waals surface area contributed by atoms with Crippen molar-refractivity contribution in [3.05, 3.63) is 71.8 Å². The molecule has 7 heteroatoms. The molecular weight excluding hydrogens is 356 g/mol. The number of hydrogen-bond acceptors (Lipinski definition) is 5. The van der Waals surface area contributed by atoms with Gasteiger partial charge in [-0.25, -0.2) is 0 Å². The first-order valence-electron chi connectivity index (χ1n) is 8.87. The van der Waals surface area contributed by atoms with E-state index in [0.29, 0.717) is 16.7 Å². The van der Waals surface area contributed by atoms with Gasteiger partial charge in [0.1, 0.15) is 11.0 Å². The summed E-state index contributed by atoms with van der Waals surface area (Å²) in [6, 6.07) is 17.9. The second-order valence-corrected chi connectivity index (χ2v) is 6.77. The first kappa shape index (κ1) is 16.3. The van der Waals surface area contributed by atoms with E-state index in [1.165, 1.54) is 12.1 Å². The number of carbonyl (C=O) groups is 1. The van der Waals surface area contributed by atoms with Crippen molar-refractivity contribution in [3.8, 4) is 17.2 Å². The number of hydrogen-bond donors (Lipinski definition) is 3. The van der Waals surface area contributed by atoms with Crippen LogP contribution in [0.5, 0.6) is 11.5 Å². The molecule has 0 aliphatic carbocycles. The van der Waals surface area contributed by atoms with E-state index in [-0.39, 0.29) is 29.7 Å². The third kappa shape index (κ3) is 2.56. The molecule has 1 aliphatic heterocycles. The monoisotopic (exact) mass is 372 g/mol. The lowest BCUT2D eigenvalue weighted by Crippen LogP contribution is -2.23. The second kappa shape index (κ2) is 6.09. The van der Waals surface area contributed by atoms with Gasteiger partial charge in [-0.3, -0.25) is 4.79 Å². The summed E-state index contributed by atoms with van der Waals surface area (Å²) in [6.07, 6.45) is 0.217. The summed E-state index contributed by atoms with van der Waals surface area (Å²) in [7, 11) is 0. The Morgan fingerprint density at radius 3 is 2.57 bits per heavy atom. The minimum Gasteiger partial charge on any atom is -0.504 e. The van der Waals surface area contributed by atoms with Crippen molar-refractivity contribution in [1.82, 2.24) is 15.0 Å². The van der Waals surface area contributed by atoms with Crippen LogP contribution in [0.3, 0.4) is 0 Å². The minimum atomic E-state index is -0.306. The number of benzene rings is 3. The average molecular weight is 372 g/mol. The highest BCUT2D eigenvalue weighted by Crippen LogP contribution is 2.42. The number of anilines is 1. The number of fused-ring (bicyclic) bond motifs is 3. The average Bonchev–Trinajstić information content (AvgIpc) is 3.14. The Balaban J connectivity index is 1.72. The van der Waals surface area contributed by atoms with Crippen LogP contribution < -0.4 is 5.32 Å². The fraction of sp³-hybridized carbons (Fsp3) is 0.0952. The van der Waals surface area contributed by atoms with Gasteiger partial charge in [0.25, 0.3) is 0 Å². The maximum Gasteiger partial charge on any atom is 0.225 e. The van der Waals surface area contributed by atoms with E-state index in [1.54, 1.807) is 10.9 Å². The lowest BCUT2D eigenvalue weighted by Gasteiger charge is -2.26. The van der Waals surface area contributed by atoms with Gasteiger partial charge in [-0.2, -0.15) is 4.80 Å². The molecule has 1 atom stereocenters. The molecule has 0 saturated carbocycles. The molecule has 0 saturated heterocycles. The van der Waals surface area contributed by atoms with Crippen molar-refractivity contribution in [2.24, 2.45) is 0 Å². The highest BCUT2D eigenvalue weighted by Gasteiger charge is 2.30. The van der Waals surface area contributed by atoms with Crippen LogP contribution in [0.25, 0.3) is 16.7 Å². The number of nitrogens with zero attached hydrogens (tertiary/aromatic N) is 3. The van der Waals surface area contributed by atoms with Crippen LogP contribution in [0.4, 0.5) is 5.69 Å². The summed E-state index contributed by atoms with van der Waals surface area (Å²) in [5, 5.41) is 31.7. The molecule has 138 valence electrons. The molecule has 1 amide bonds. The Morgan fingerprint density at radius 1 is 0.964 bits per heavy atom. The first-order chi connectivity index (χ1) is 13.6. The Morgan fingerprint density at radius 2 is 1.79 bits per heavy atom. The van der Waals surface area contributed by atoms with Gasteiger partial charge in [0.15, 0.2) is 11.5 Å². The van der Waals surface area contributed by atoms with Crippen molar-refractivity contribution in [1.29, 1.82) is 0 Å². The Bertz CT molecular complexity index is 1220. The quantitative estimate of drug-likeness (QED) is 0.469. The highest BCUT2D eigenvalue weighted by molar-refractivity contribution is 5.99. The first-order valence-corrected chi connectivity index (χ1v) is 8.87. The summed E-state index contributed by atoms with van der Waals surface area (Å²) in [6.45, 7) is 0. The summed E-state index contributed by atoms with van der Waals surface area (Å²) >= 11 is 0. The van der Waals surface area contributed by atoms with E-state index in [9.17, 15) is 15.0 Å². The number of aromatic hydroxyl groups is 2. The zero-order chi connectivity index (χ0) is 19.3. The van der Waals surface area contributed by atoms with Gasteiger partial charge >= 0.3 is 0 Å². The van der Waals surface area contributed by atoms with E-state index >= 15 is 0 Å². The number of para-hydroxylation sites is 1. The van der Waals surface area contributed by atoms with Gasteiger partial charge in [0.2, 0.25) is 5.91 Å². The van der Waals surface area contributed by atoms with E-state index < -0.39 is 0 Å². The summed E-state index contributed by atoms with van der Waals surface area (Å²) in [5.74, 6) is -0.831. The Kier molecular flexibility index (Phi) is 3.55. The van der Waals surface area contributed by atoms with E-state index in [4.69, 9.17) is 0 Å². The summed E-state index contributed by atoms with van der Waals surface area (Å²) in [4.78, 5) is 13.8. The number of carbonyl (C=O) groups excluding carboxylic acids is 1. The van der Waals surface area contributed by atoms with Crippen molar-refractivity contribution >= 4 is 22.6 Å². The highest BCUT2D eigenvalue weighted by atomic mass is 16.3. The fourth-order valence-electron chi connectivity index (χ4n) is 3.67. The lowest BCUT2D eigenvalue weighted by atomic mass is 9.84. The van der Waals surface area contributed by atoms with Crippen LogP contribution >= 0.6 is 0 Å². The number of phenols is 2. The van der Waals surface area contributed by atoms with Gasteiger partial charge in [-0.05, 0) is 42.0 Å². The van der Waals surface area contributed by atoms with E-state index in [2.05, 4.69) is 15.5 Å². The molecule has 1 aliphatic rings. The maximum atomic E-state index is 12.3. The normalized spacial score (nSPS) is 16.0.